The molecule has 1 N–H and O–H groups in total. The van der Waals surface area contributed by atoms with Crippen LogP contribution in [0.2, 0.25) is 5.02 Å². The molecule has 0 spiro atoms. The van der Waals surface area contributed by atoms with E-state index in [1.165, 1.54) is 18.3 Å². The highest BCUT2D eigenvalue weighted by Gasteiger charge is 2.21. The molecule has 3 heterocycles. The number of thioether (sulfide) groups is 1. The van der Waals surface area contributed by atoms with E-state index in [0.29, 0.717) is 38.5 Å². The lowest BCUT2D eigenvalue weighted by Crippen LogP contribution is -2.16. The third-order valence-electron chi connectivity index (χ3n) is 4.63. The maximum atomic E-state index is 12.5. The van der Waals surface area contributed by atoms with Crippen LogP contribution in [-0.2, 0) is 4.79 Å². The fourth-order valence-electron chi connectivity index (χ4n) is 3.16. The molecule has 0 radical (unpaired) electrons. The van der Waals surface area contributed by atoms with Crippen LogP contribution in [0.1, 0.15) is 17.3 Å². The minimum absolute atomic E-state index is 0.00751. The normalized spacial score (nSPS) is 12.3. The van der Waals surface area contributed by atoms with Crippen molar-refractivity contribution in [3.63, 3.8) is 0 Å². The Morgan fingerprint density at radius 1 is 1.19 bits per heavy atom. The molecule has 0 saturated carbocycles. The summed E-state index contributed by atoms with van der Waals surface area (Å²) >= 11 is 9.01. The number of aromatic nitrogens is 2. The molecule has 1 aliphatic rings. The molecule has 1 aliphatic heterocycles. The van der Waals surface area contributed by atoms with E-state index in [1.807, 2.05) is 24.3 Å². The number of carbonyl (C=O) groups excluding carboxylic acids is 2. The second-order valence-electron chi connectivity index (χ2n) is 6.76. The quantitative estimate of drug-likeness (QED) is 0.290. The van der Waals surface area contributed by atoms with Crippen LogP contribution in [0, 0.1) is 0 Å². The van der Waals surface area contributed by atoms with E-state index in [-0.39, 0.29) is 29.5 Å². The van der Waals surface area contributed by atoms with E-state index in [2.05, 4.69) is 15.5 Å². The summed E-state index contributed by atoms with van der Waals surface area (Å²) in [5.41, 5.74) is 0.697. The predicted molar refractivity (Wildman–Crippen MR) is 122 cm³/mol. The van der Waals surface area contributed by atoms with Gasteiger partial charge in [0.15, 0.2) is 17.3 Å². The van der Waals surface area contributed by atoms with Gasteiger partial charge in [-0.3, -0.25) is 9.59 Å². The van der Waals surface area contributed by atoms with Crippen LogP contribution in [0.5, 0.6) is 11.5 Å². The second kappa shape index (κ2) is 8.45. The number of hydrogen-bond acceptors (Lipinski definition) is 9. The minimum atomic E-state index is -0.337. The van der Waals surface area contributed by atoms with E-state index in [9.17, 15) is 9.59 Å². The molecule has 0 fully saturated rings. The average molecular weight is 488 g/mol. The summed E-state index contributed by atoms with van der Waals surface area (Å²) in [4.78, 5) is 25.1. The monoisotopic (exact) mass is 487 g/mol. The third kappa shape index (κ3) is 3.92. The number of anilines is 1. The molecule has 162 valence electrons. The first kappa shape index (κ1) is 20.8. The lowest BCUT2D eigenvalue weighted by Gasteiger charge is -2.10. The standard InChI is InChI=1S/C21H14ClN3O5S2/c1-10(26)12-6-14-15(29-9-28-14)7-13(12)23-17(27)8-31-21-25-24-20(30-21)19-18(22)11-4-2-3-5-16(11)32-19/h2-7H,8-9H2,1H3,(H,23,27). The Kier molecular flexibility index (Phi) is 5.50. The van der Waals surface area contributed by atoms with E-state index in [4.69, 9.17) is 25.5 Å². The molecule has 32 heavy (non-hydrogen) atoms. The molecule has 0 unspecified atom stereocenters. The molecule has 11 heteroatoms. The largest absolute Gasteiger partial charge is 0.454 e. The van der Waals surface area contributed by atoms with Crippen LogP contribution in [0.4, 0.5) is 5.69 Å². The molecule has 5 rings (SSSR count). The maximum Gasteiger partial charge on any atom is 0.277 e. The summed E-state index contributed by atoms with van der Waals surface area (Å²) in [5.74, 6) is 0.714. The van der Waals surface area contributed by atoms with Gasteiger partial charge < -0.3 is 19.2 Å². The summed E-state index contributed by atoms with van der Waals surface area (Å²) in [6, 6.07) is 10.9. The summed E-state index contributed by atoms with van der Waals surface area (Å²) in [7, 11) is 0. The Bertz CT molecular complexity index is 1370. The molecular formula is C21H14ClN3O5S2. The van der Waals surface area contributed by atoms with E-state index < -0.39 is 0 Å². The zero-order chi connectivity index (χ0) is 22.2. The summed E-state index contributed by atoms with van der Waals surface area (Å²) in [6.07, 6.45) is 0. The van der Waals surface area contributed by atoms with Crippen LogP contribution < -0.4 is 14.8 Å². The van der Waals surface area contributed by atoms with Crippen molar-refractivity contribution in [1.82, 2.24) is 10.2 Å². The van der Waals surface area contributed by atoms with Gasteiger partial charge >= 0.3 is 0 Å². The number of Topliss-reactive ketones (excluding diaryl/α,β-unsaturated/α-hetero) is 1. The number of ketones is 1. The fraction of sp³-hybridized carbons (Fsp3) is 0.143. The van der Waals surface area contributed by atoms with Gasteiger partial charge in [-0.15, -0.1) is 21.5 Å². The molecule has 2 aromatic heterocycles. The highest BCUT2D eigenvalue weighted by molar-refractivity contribution is 7.99. The van der Waals surface area contributed by atoms with Gasteiger partial charge in [-0.1, -0.05) is 41.6 Å². The van der Waals surface area contributed by atoms with E-state index in [0.717, 1.165) is 21.8 Å². The molecule has 0 aliphatic carbocycles. The zero-order valence-corrected chi connectivity index (χ0v) is 18.9. The maximum absolute atomic E-state index is 12.5. The van der Waals surface area contributed by atoms with Gasteiger partial charge in [-0.25, -0.2) is 0 Å². The Hall–Kier alpha value is -3.08. The minimum Gasteiger partial charge on any atom is -0.454 e. The molecule has 2 aromatic carbocycles. The molecule has 0 saturated heterocycles. The molecule has 4 aromatic rings. The smallest absolute Gasteiger partial charge is 0.277 e. The van der Waals surface area contributed by atoms with Crippen LogP contribution in [-0.4, -0.2) is 34.4 Å². The first-order chi connectivity index (χ1) is 15.5. The zero-order valence-electron chi connectivity index (χ0n) is 16.5. The number of nitrogens with zero attached hydrogens (tertiary/aromatic N) is 2. The van der Waals surface area contributed by atoms with E-state index >= 15 is 0 Å². The molecule has 1 amide bonds. The number of ether oxygens (including phenoxy) is 2. The Morgan fingerprint density at radius 3 is 2.75 bits per heavy atom. The highest BCUT2D eigenvalue weighted by atomic mass is 35.5. The van der Waals surface area contributed by atoms with Gasteiger partial charge in [0.2, 0.25) is 12.7 Å². The summed E-state index contributed by atoms with van der Waals surface area (Å²) in [6.45, 7) is 1.49. The van der Waals surface area contributed by atoms with Gasteiger partial charge in [0, 0.05) is 21.7 Å². The van der Waals surface area contributed by atoms with Gasteiger partial charge in [0.1, 0.15) is 4.88 Å². The van der Waals surface area contributed by atoms with Crippen molar-refractivity contribution in [2.45, 2.75) is 12.1 Å². The molecule has 0 bridgehead atoms. The van der Waals surface area contributed by atoms with Crippen molar-refractivity contribution < 1.29 is 23.5 Å². The lowest BCUT2D eigenvalue weighted by atomic mass is 10.1. The predicted octanol–water partition coefficient (Wildman–Crippen LogP) is 5.27. The van der Waals surface area contributed by atoms with Crippen LogP contribution in [0.15, 0.2) is 46.0 Å². The number of benzene rings is 2. The van der Waals surface area contributed by atoms with Crippen molar-refractivity contribution in [3.05, 3.63) is 47.0 Å². The SMILES string of the molecule is CC(=O)c1cc2c(cc1NC(=O)CSc1nnc(-c3sc4ccccc4c3Cl)o1)OCO2. The van der Waals surface area contributed by atoms with Gasteiger partial charge in [0.25, 0.3) is 11.1 Å². The van der Waals surface area contributed by atoms with E-state index in [1.54, 1.807) is 12.1 Å². The average Bonchev–Trinajstić information content (AvgIpc) is 3.50. The fourth-order valence-corrected chi connectivity index (χ4v) is 5.16. The molecule has 0 atom stereocenters. The number of carbonyl (C=O) groups is 2. The lowest BCUT2D eigenvalue weighted by molar-refractivity contribution is -0.113. The van der Waals surface area contributed by atoms with Crippen molar-refractivity contribution in [2.24, 2.45) is 0 Å². The first-order valence-corrected chi connectivity index (χ1v) is 11.6. The van der Waals surface area contributed by atoms with Crippen LogP contribution in [0.3, 0.4) is 0 Å². The molecular weight excluding hydrogens is 474 g/mol. The van der Waals surface area contributed by atoms with Gasteiger partial charge in [-0.05, 0) is 19.1 Å². The van der Waals surface area contributed by atoms with Gasteiger partial charge in [-0.2, -0.15) is 0 Å². The summed E-state index contributed by atoms with van der Waals surface area (Å²) < 4.78 is 17.3. The van der Waals surface area contributed by atoms with Crippen molar-refractivity contribution in [3.8, 4) is 22.3 Å². The van der Waals surface area contributed by atoms with Crippen LogP contribution >= 0.6 is 34.7 Å². The summed E-state index contributed by atoms with van der Waals surface area (Å²) in [5, 5.41) is 12.5. The number of thiophene rings is 1. The first-order valence-electron chi connectivity index (χ1n) is 9.37. The third-order valence-corrected chi connectivity index (χ3v) is 7.11. The highest BCUT2D eigenvalue weighted by Crippen LogP contribution is 2.42. The number of amides is 1. The van der Waals surface area contributed by atoms with Gasteiger partial charge in [0.05, 0.1) is 16.5 Å². The van der Waals surface area contributed by atoms with Crippen LogP contribution in [0.25, 0.3) is 20.9 Å². The Labute approximate surface area is 194 Å². The number of nitrogens with one attached hydrogen (secondary N) is 1. The number of halogens is 1. The Morgan fingerprint density at radius 2 is 1.97 bits per heavy atom. The second-order valence-corrected chi connectivity index (χ2v) is 9.12. The number of hydrogen-bond donors (Lipinski definition) is 1. The number of fused-ring (bicyclic) bond motifs is 2. The van der Waals surface area contributed by atoms with Crippen molar-refractivity contribution in [1.29, 1.82) is 0 Å². The molecule has 8 nitrogen and oxygen atoms in total. The Balaban J connectivity index is 1.28. The van der Waals surface area contributed by atoms with Crippen molar-refractivity contribution >= 4 is 62.2 Å². The van der Waals surface area contributed by atoms with Crippen molar-refractivity contribution in [2.75, 3.05) is 17.9 Å². The topological polar surface area (TPSA) is 104 Å². The number of rotatable bonds is 6.